The molecule has 0 aliphatic carbocycles. The van der Waals surface area contributed by atoms with Crippen molar-refractivity contribution in [2.45, 2.75) is 13.0 Å². The SMILES string of the molecule is CCNC(c1cc(OC)ncn1)c1ccn(C)n1. The molecule has 0 bridgehead atoms. The molecule has 1 atom stereocenters. The number of aryl methyl sites for hydroxylation is 1. The summed E-state index contributed by atoms with van der Waals surface area (Å²) in [5.41, 5.74) is 1.78. The van der Waals surface area contributed by atoms with Crippen molar-refractivity contribution in [3.05, 3.63) is 36.0 Å². The minimum Gasteiger partial charge on any atom is -0.481 e. The first-order valence-electron chi connectivity index (χ1n) is 5.83. The molecule has 6 heteroatoms. The lowest BCUT2D eigenvalue weighted by molar-refractivity contribution is 0.394. The molecule has 0 radical (unpaired) electrons. The summed E-state index contributed by atoms with van der Waals surface area (Å²) in [6.45, 7) is 2.88. The van der Waals surface area contributed by atoms with Crippen molar-refractivity contribution < 1.29 is 4.74 Å². The van der Waals surface area contributed by atoms with Crippen molar-refractivity contribution in [3.63, 3.8) is 0 Å². The molecule has 2 aromatic heterocycles. The van der Waals surface area contributed by atoms with E-state index in [2.05, 4.69) is 20.4 Å². The number of nitrogens with zero attached hydrogens (tertiary/aromatic N) is 4. The molecule has 1 N–H and O–H groups in total. The van der Waals surface area contributed by atoms with Crippen LogP contribution in [0.4, 0.5) is 0 Å². The van der Waals surface area contributed by atoms with Crippen LogP contribution in [0.25, 0.3) is 0 Å². The first kappa shape index (κ1) is 12.5. The molecule has 0 saturated heterocycles. The first-order chi connectivity index (χ1) is 8.74. The fourth-order valence-electron chi connectivity index (χ4n) is 1.77. The van der Waals surface area contributed by atoms with Crippen molar-refractivity contribution in [1.82, 2.24) is 25.1 Å². The number of aromatic nitrogens is 4. The van der Waals surface area contributed by atoms with Gasteiger partial charge in [0.15, 0.2) is 0 Å². The quantitative estimate of drug-likeness (QED) is 0.851. The number of ether oxygens (including phenoxy) is 1. The zero-order valence-corrected chi connectivity index (χ0v) is 10.8. The van der Waals surface area contributed by atoms with Gasteiger partial charge in [-0.15, -0.1) is 0 Å². The van der Waals surface area contributed by atoms with E-state index < -0.39 is 0 Å². The molecule has 0 aliphatic heterocycles. The van der Waals surface area contributed by atoms with Crippen molar-refractivity contribution in [1.29, 1.82) is 0 Å². The normalized spacial score (nSPS) is 12.4. The van der Waals surface area contributed by atoms with Crippen LogP contribution in [0.15, 0.2) is 24.7 Å². The molecule has 1 unspecified atom stereocenters. The van der Waals surface area contributed by atoms with Gasteiger partial charge in [-0.05, 0) is 12.6 Å². The molecule has 0 aliphatic rings. The van der Waals surface area contributed by atoms with Crippen LogP contribution >= 0.6 is 0 Å². The van der Waals surface area contributed by atoms with Gasteiger partial charge in [0.05, 0.1) is 24.5 Å². The Morgan fingerprint density at radius 3 is 2.83 bits per heavy atom. The number of rotatable bonds is 5. The average Bonchev–Trinajstić information content (AvgIpc) is 2.82. The van der Waals surface area contributed by atoms with Gasteiger partial charge in [-0.1, -0.05) is 6.92 Å². The van der Waals surface area contributed by atoms with Crippen LogP contribution in [0.2, 0.25) is 0 Å². The molecule has 0 saturated carbocycles. The van der Waals surface area contributed by atoms with Gasteiger partial charge in [-0.3, -0.25) is 4.68 Å². The second kappa shape index (κ2) is 5.59. The van der Waals surface area contributed by atoms with E-state index >= 15 is 0 Å². The Morgan fingerprint density at radius 2 is 2.22 bits per heavy atom. The van der Waals surface area contributed by atoms with Crippen LogP contribution in [0.5, 0.6) is 5.88 Å². The molecule has 0 aromatic carbocycles. The Bertz CT molecular complexity index is 511. The van der Waals surface area contributed by atoms with Gasteiger partial charge < -0.3 is 10.1 Å². The molecular formula is C12H17N5O. The van der Waals surface area contributed by atoms with Crippen molar-refractivity contribution >= 4 is 0 Å². The summed E-state index contributed by atoms with van der Waals surface area (Å²) in [5, 5.41) is 7.77. The zero-order chi connectivity index (χ0) is 13.0. The van der Waals surface area contributed by atoms with E-state index in [0.717, 1.165) is 17.9 Å². The van der Waals surface area contributed by atoms with Crippen molar-refractivity contribution in [2.24, 2.45) is 7.05 Å². The maximum absolute atomic E-state index is 5.12. The Hall–Kier alpha value is -1.95. The Kier molecular flexibility index (Phi) is 3.88. The van der Waals surface area contributed by atoms with Gasteiger partial charge in [0.1, 0.15) is 6.33 Å². The van der Waals surface area contributed by atoms with Gasteiger partial charge in [0.25, 0.3) is 0 Å². The minimum atomic E-state index is -0.0481. The molecule has 2 aromatic rings. The summed E-state index contributed by atoms with van der Waals surface area (Å²) in [5.74, 6) is 0.554. The van der Waals surface area contributed by atoms with Crippen LogP contribution in [0.1, 0.15) is 24.4 Å². The minimum absolute atomic E-state index is 0.0481. The number of hydrogen-bond donors (Lipinski definition) is 1. The van der Waals surface area contributed by atoms with Crippen LogP contribution in [-0.4, -0.2) is 33.4 Å². The number of methoxy groups -OCH3 is 1. The van der Waals surface area contributed by atoms with E-state index in [9.17, 15) is 0 Å². The third-order valence-corrected chi connectivity index (χ3v) is 2.61. The first-order valence-corrected chi connectivity index (χ1v) is 5.83. The second-order valence-corrected chi connectivity index (χ2v) is 3.89. The molecule has 2 rings (SSSR count). The summed E-state index contributed by atoms with van der Waals surface area (Å²) < 4.78 is 6.90. The molecule has 96 valence electrons. The van der Waals surface area contributed by atoms with E-state index in [1.54, 1.807) is 11.8 Å². The highest BCUT2D eigenvalue weighted by Gasteiger charge is 2.17. The summed E-state index contributed by atoms with van der Waals surface area (Å²) in [6.07, 6.45) is 3.42. The monoisotopic (exact) mass is 247 g/mol. The topological polar surface area (TPSA) is 64.9 Å². The predicted octanol–water partition coefficient (Wildman–Crippen LogP) is 0.918. The maximum atomic E-state index is 5.12. The van der Waals surface area contributed by atoms with E-state index in [-0.39, 0.29) is 6.04 Å². The largest absolute Gasteiger partial charge is 0.481 e. The van der Waals surface area contributed by atoms with Crippen LogP contribution in [0.3, 0.4) is 0 Å². The van der Waals surface area contributed by atoms with Gasteiger partial charge >= 0.3 is 0 Å². The number of hydrogen-bond acceptors (Lipinski definition) is 5. The van der Waals surface area contributed by atoms with E-state index in [1.807, 2.05) is 32.3 Å². The van der Waals surface area contributed by atoms with E-state index in [4.69, 9.17) is 4.74 Å². The Balaban J connectivity index is 2.34. The van der Waals surface area contributed by atoms with Gasteiger partial charge in [0, 0.05) is 19.3 Å². The molecule has 0 spiro atoms. The molecule has 2 heterocycles. The van der Waals surface area contributed by atoms with E-state index in [0.29, 0.717) is 5.88 Å². The highest BCUT2D eigenvalue weighted by molar-refractivity contribution is 5.24. The summed E-state index contributed by atoms with van der Waals surface area (Å²) in [6, 6.07) is 3.75. The summed E-state index contributed by atoms with van der Waals surface area (Å²) in [4.78, 5) is 8.30. The van der Waals surface area contributed by atoms with Crippen LogP contribution in [-0.2, 0) is 7.05 Å². The van der Waals surface area contributed by atoms with Gasteiger partial charge in [-0.2, -0.15) is 5.10 Å². The second-order valence-electron chi connectivity index (χ2n) is 3.89. The maximum Gasteiger partial charge on any atom is 0.216 e. The zero-order valence-electron chi connectivity index (χ0n) is 10.8. The van der Waals surface area contributed by atoms with E-state index in [1.165, 1.54) is 6.33 Å². The standard InChI is InChI=1S/C12H17N5O/c1-4-13-12(9-5-6-17(2)16-9)10-7-11(18-3)15-8-14-10/h5-8,12-13H,4H2,1-3H3. The highest BCUT2D eigenvalue weighted by atomic mass is 16.5. The lowest BCUT2D eigenvalue weighted by atomic mass is 10.1. The van der Waals surface area contributed by atoms with Crippen LogP contribution < -0.4 is 10.1 Å². The molecular weight excluding hydrogens is 230 g/mol. The number of nitrogens with one attached hydrogen (secondary N) is 1. The fourth-order valence-corrected chi connectivity index (χ4v) is 1.77. The summed E-state index contributed by atoms with van der Waals surface area (Å²) in [7, 11) is 3.49. The lowest BCUT2D eigenvalue weighted by Crippen LogP contribution is -2.23. The molecule has 18 heavy (non-hydrogen) atoms. The summed E-state index contributed by atoms with van der Waals surface area (Å²) >= 11 is 0. The average molecular weight is 247 g/mol. The van der Waals surface area contributed by atoms with Crippen molar-refractivity contribution in [2.75, 3.05) is 13.7 Å². The smallest absolute Gasteiger partial charge is 0.216 e. The molecule has 0 fully saturated rings. The Morgan fingerprint density at radius 1 is 1.39 bits per heavy atom. The van der Waals surface area contributed by atoms with Crippen molar-refractivity contribution in [3.8, 4) is 5.88 Å². The lowest BCUT2D eigenvalue weighted by Gasteiger charge is -2.15. The van der Waals surface area contributed by atoms with Crippen LogP contribution in [0, 0.1) is 0 Å². The fraction of sp³-hybridized carbons (Fsp3) is 0.417. The highest BCUT2D eigenvalue weighted by Crippen LogP contribution is 2.20. The molecule has 0 amide bonds. The molecule has 6 nitrogen and oxygen atoms in total. The van der Waals surface area contributed by atoms with Gasteiger partial charge in [-0.25, -0.2) is 9.97 Å². The third-order valence-electron chi connectivity index (χ3n) is 2.61. The predicted molar refractivity (Wildman–Crippen MR) is 67.3 cm³/mol. The third kappa shape index (κ3) is 2.65. The van der Waals surface area contributed by atoms with Gasteiger partial charge in [0.2, 0.25) is 5.88 Å². The Labute approximate surface area is 106 Å².